The summed E-state index contributed by atoms with van der Waals surface area (Å²) in [6.07, 6.45) is 1.50. The fourth-order valence-corrected chi connectivity index (χ4v) is 4.37. The van der Waals surface area contributed by atoms with E-state index in [2.05, 4.69) is 21.0 Å². The first-order valence-electron chi connectivity index (χ1n) is 8.64. The summed E-state index contributed by atoms with van der Waals surface area (Å²) >= 11 is 3.39. The van der Waals surface area contributed by atoms with Crippen molar-refractivity contribution in [1.82, 2.24) is 4.41 Å². The lowest BCUT2D eigenvalue weighted by atomic mass is 10.1. The minimum atomic E-state index is -4.07. The van der Waals surface area contributed by atoms with E-state index in [4.69, 9.17) is 4.42 Å². The smallest absolute Gasteiger partial charge is 0.290 e. The second-order valence-corrected chi connectivity index (χ2v) is 9.00. The second-order valence-electron chi connectivity index (χ2n) is 6.32. The average molecular weight is 471 g/mol. The monoisotopic (exact) mass is 470 g/mol. The molecule has 0 spiro atoms. The molecular formula is C21H15BrN2O4S. The van der Waals surface area contributed by atoms with Gasteiger partial charge in [-0.1, -0.05) is 46.3 Å². The van der Waals surface area contributed by atoms with E-state index in [9.17, 15) is 13.2 Å². The van der Waals surface area contributed by atoms with Gasteiger partial charge in [-0.2, -0.15) is 13.5 Å². The summed E-state index contributed by atoms with van der Waals surface area (Å²) in [6.45, 7) is 1.59. The van der Waals surface area contributed by atoms with Crippen LogP contribution in [0, 0.1) is 0 Å². The molecule has 1 amide bonds. The van der Waals surface area contributed by atoms with Gasteiger partial charge in [0, 0.05) is 10.0 Å². The lowest BCUT2D eigenvalue weighted by molar-refractivity contribution is -0.121. The van der Waals surface area contributed by atoms with Crippen molar-refractivity contribution in [3.05, 3.63) is 82.5 Å². The quantitative estimate of drug-likeness (QED) is 0.517. The molecule has 29 heavy (non-hydrogen) atoms. The van der Waals surface area contributed by atoms with Gasteiger partial charge in [0.1, 0.15) is 11.5 Å². The Morgan fingerprint density at radius 2 is 1.69 bits per heavy atom. The van der Waals surface area contributed by atoms with Crippen molar-refractivity contribution in [1.29, 1.82) is 0 Å². The highest BCUT2D eigenvalue weighted by Gasteiger charge is 2.37. The Labute approximate surface area is 176 Å². The van der Waals surface area contributed by atoms with Crippen molar-refractivity contribution in [2.24, 2.45) is 5.10 Å². The van der Waals surface area contributed by atoms with Crippen LogP contribution in [0.2, 0.25) is 0 Å². The van der Waals surface area contributed by atoms with E-state index >= 15 is 0 Å². The van der Waals surface area contributed by atoms with E-state index in [0.717, 1.165) is 10.0 Å². The number of rotatable bonds is 4. The number of benzene rings is 2. The molecule has 0 aliphatic carbocycles. The number of amides is 1. The van der Waals surface area contributed by atoms with E-state index in [1.54, 1.807) is 37.3 Å². The molecule has 2 heterocycles. The van der Waals surface area contributed by atoms with Gasteiger partial charge in [-0.15, -0.1) is 4.41 Å². The molecule has 1 aliphatic heterocycles. The third-order valence-electron chi connectivity index (χ3n) is 4.35. The predicted molar refractivity (Wildman–Crippen MR) is 113 cm³/mol. The van der Waals surface area contributed by atoms with E-state index in [-0.39, 0.29) is 10.5 Å². The zero-order valence-electron chi connectivity index (χ0n) is 15.2. The Morgan fingerprint density at radius 1 is 1.00 bits per heavy atom. The van der Waals surface area contributed by atoms with Crippen LogP contribution in [-0.4, -0.2) is 24.5 Å². The largest absolute Gasteiger partial charge is 0.457 e. The number of nitrogens with zero attached hydrogens (tertiary/aromatic N) is 2. The standard InChI is InChI=1S/C21H15BrN2O4S/c1-14-19(13-17-11-12-20(28-17)15-7-9-16(22)10-8-15)21(25)24(23-14)29(26,27)18-5-3-2-4-6-18/h2-13H,1H3. The molecule has 0 bridgehead atoms. The van der Waals surface area contributed by atoms with Crippen LogP contribution in [0.1, 0.15) is 12.7 Å². The third kappa shape index (κ3) is 3.68. The molecule has 8 heteroatoms. The van der Waals surface area contributed by atoms with Gasteiger partial charge in [-0.3, -0.25) is 4.79 Å². The van der Waals surface area contributed by atoms with Gasteiger partial charge in [0.25, 0.3) is 15.9 Å². The van der Waals surface area contributed by atoms with E-state index in [1.807, 2.05) is 24.3 Å². The molecule has 0 saturated heterocycles. The molecule has 146 valence electrons. The van der Waals surface area contributed by atoms with Crippen LogP contribution in [0.4, 0.5) is 0 Å². The molecule has 3 aromatic rings. The van der Waals surface area contributed by atoms with Crippen LogP contribution in [0.5, 0.6) is 0 Å². The number of furan rings is 1. The Bertz CT molecular complexity index is 1240. The molecule has 0 N–H and O–H groups in total. The molecule has 2 aromatic carbocycles. The SMILES string of the molecule is CC1=NN(S(=O)(=O)c2ccccc2)C(=O)C1=Cc1ccc(-c2ccc(Br)cc2)o1. The summed E-state index contributed by atoms with van der Waals surface area (Å²) in [5, 5.41) is 3.97. The van der Waals surface area contributed by atoms with Crippen LogP contribution in [-0.2, 0) is 14.8 Å². The van der Waals surface area contributed by atoms with Gasteiger partial charge in [0.2, 0.25) is 0 Å². The lowest BCUT2D eigenvalue weighted by Gasteiger charge is -2.12. The number of sulfonamides is 1. The first-order valence-corrected chi connectivity index (χ1v) is 10.9. The topological polar surface area (TPSA) is 80.0 Å². The van der Waals surface area contributed by atoms with Gasteiger partial charge < -0.3 is 4.42 Å². The third-order valence-corrected chi connectivity index (χ3v) is 6.44. The molecular weight excluding hydrogens is 456 g/mol. The maximum absolute atomic E-state index is 12.8. The van der Waals surface area contributed by atoms with Crippen molar-refractivity contribution in [2.75, 3.05) is 0 Å². The zero-order chi connectivity index (χ0) is 20.6. The van der Waals surface area contributed by atoms with E-state index in [1.165, 1.54) is 18.2 Å². The second kappa shape index (κ2) is 7.46. The number of hydrogen-bond acceptors (Lipinski definition) is 5. The van der Waals surface area contributed by atoms with Crippen LogP contribution in [0.25, 0.3) is 17.4 Å². The maximum Gasteiger partial charge on any atom is 0.290 e. The minimum absolute atomic E-state index is 0.00155. The summed E-state index contributed by atoms with van der Waals surface area (Å²) in [4.78, 5) is 12.8. The fraction of sp³-hybridized carbons (Fsp3) is 0.0476. The highest BCUT2D eigenvalue weighted by molar-refractivity contribution is 9.10. The van der Waals surface area contributed by atoms with Crippen molar-refractivity contribution in [3.63, 3.8) is 0 Å². The Morgan fingerprint density at radius 3 is 2.38 bits per heavy atom. The van der Waals surface area contributed by atoms with Crippen LogP contribution in [0.3, 0.4) is 0 Å². The Balaban J connectivity index is 1.64. The van der Waals surface area contributed by atoms with Gasteiger partial charge in [-0.25, -0.2) is 0 Å². The summed E-state index contributed by atoms with van der Waals surface area (Å²) in [5.41, 5.74) is 1.35. The zero-order valence-corrected chi connectivity index (χ0v) is 17.6. The van der Waals surface area contributed by atoms with Crippen molar-refractivity contribution in [3.8, 4) is 11.3 Å². The fourth-order valence-electron chi connectivity index (χ4n) is 2.86. The average Bonchev–Trinajstić information content (AvgIpc) is 3.30. The van der Waals surface area contributed by atoms with Crippen molar-refractivity contribution in [2.45, 2.75) is 11.8 Å². The van der Waals surface area contributed by atoms with Crippen LogP contribution in [0.15, 0.2) is 91.2 Å². The van der Waals surface area contributed by atoms with E-state index in [0.29, 0.717) is 21.6 Å². The Kier molecular flexibility index (Phi) is 4.97. The molecule has 4 rings (SSSR count). The minimum Gasteiger partial charge on any atom is -0.457 e. The van der Waals surface area contributed by atoms with Gasteiger partial charge in [0.15, 0.2) is 0 Å². The first-order chi connectivity index (χ1) is 13.9. The van der Waals surface area contributed by atoms with Crippen molar-refractivity contribution >= 4 is 43.6 Å². The van der Waals surface area contributed by atoms with Gasteiger partial charge >= 0.3 is 0 Å². The highest BCUT2D eigenvalue weighted by Crippen LogP contribution is 2.28. The van der Waals surface area contributed by atoms with Crippen LogP contribution >= 0.6 is 15.9 Å². The predicted octanol–water partition coefficient (Wildman–Crippen LogP) is 4.70. The maximum atomic E-state index is 12.8. The molecule has 1 aliphatic rings. The van der Waals surface area contributed by atoms with E-state index < -0.39 is 15.9 Å². The summed E-state index contributed by atoms with van der Waals surface area (Å²) in [7, 11) is -4.07. The number of halogens is 1. The highest BCUT2D eigenvalue weighted by atomic mass is 79.9. The number of carbonyl (C=O) groups excluding carboxylic acids is 1. The molecule has 0 radical (unpaired) electrons. The first kappa shape index (κ1) is 19.4. The molecule has 6 nitrogen and oxygen atoms in total. The number of carbonyl (C=O) groups is 1. The molecule has 0 atom stereocenters. The van der Waals surface area contributed by atoms with Gasteiger partial charge in [0.05, 0.1) is 16.2 Å². The summed E-state index contributed by atoms with van der Waals surface area (Å²) in [5.74, 6) is 0.353. The van der Waals surface area contributed by atoms with Crippen molar-refractivity contribution < 1.29 is 17.6 Å². The van der Waals surface area contributed by atoms with Crippen LogP contribution < -0.4 is 0 Å². The number of hydrogen-bond donors (Lipinski definition) is 0. The normalized spacial score (nSPS) is 15.8. The number of hydrazone groups is 1. The molecule has 0 unspecified atom stereocenters. The lowest BCUT2D eigenvalue weighted by Crippen LogP contribution is -2.29. The van der Waals surface area contributed by atoms with Gasteiger partial charge in [-0.05, 0) is 49.4 Å². The molecule has 0 saturated carbocycles. The molecule has 1 aromatic heterocycles. The summed E-state index contributed by atoms with van der Waals surface area (Å²) in [6, 6.07) is 18.9. The molecule has 0 fully saturated rings. The summed E-state index contributed by atoms with van der Waals surface area (Å²) < 4.78 is 32.8. The Hall–Kier alpha value is -2.97.